The molecular weight excluding hydrogens is 154 g/mol. The standard InChI is InChI=1S/C9H15NO2/c1-9(2)11-6-8(12-9)7-4-3-5-10-7/h3-4,7-8,10H,5-6H2,1-2H3/t7-,8-/m1/s1. The van der Waals surface area contributed by atoms with E-state index in [1.807, 2.05) is 13.8 Å². The molecule has 0 spiro atoms. The third kappa shape index (κ3) is 1.53. The van der Waals surface area contributed by atoms with Gasteiger partial charge in [0.2, 0.25) is 0 Å². The average molecular weight is 169 g/mol. The Labute approximate surface area is 72.7 Å². The smallest absolute Gasteiger partial charge is 0.163 e. The molecule has 68 valence electrons. The molecule has 2 heterocycles. The van der Waals surface area contributed by atoms with Gasteiger partial charge in [-0.05, 0) is 13.8 Å². The van der Waals surface area contributed by atoms with E-state index in [1.165, 1.54) is 0 Å². The number of ether oxygens (including phenoxy) is 2. The Morgan fingerprint density at radius 1 is 1.50 bits per heavy atom. The van der Waals surface area contributed by atoms with Crippen LogP contribution < -0.4 is 5.32 Å². The van der Waals surface area contributed by atoms with E-state index < -0.39 is 5.79 Å². The molecular formula is C9H15NO2. The highest BCUT2D eigenvalue weighted by Crippen LogP contribution is 2.25. The monoisotopic (exact) mass is 169 g/mol. The fraction of sp³-hybridized carbons (Fsp3) is 0.778. The molecule has 0 aromatic carbocycles. The highest BCUT2D eigenvalue weighted by atomic mass is 16.7. The fourth-order valence-corrected chi connectivity index (χ4v) is 1.63. The molecule has 3 heteroatoms. The van der Waals surface area contributed by atoms with Crippen LogP contribution in [0.25, 0.3) is 0 Å². The van der Waals surface area contributed by atoms with Crippen molar-refractivity contribution in [2.45, 2.75) is 31.8 Å². The van der Waals surface area contributed by atoms with Gasteiger partial charge in [0.15, 0.2) is 5.79 Å². The van der Waals surface area contributed by atoms with Crippen molar-refractivity contribution >= 4 is 0 Å². The van der Waals surface area contributed by atoms with E-state index in [2.05, 4.69) is 17.5 Å². The zero-order valence-corrected chi connectivity index (χ0v) is 7.54. The molecule has 2 aliphatic rings. The molecule has 0 aromatic heterocycles. The third-order valence-corrected chi connectivity index (χ3v) is 2.25. The SMILES string of the molecule is CC1(C)OC[C@H]([C@H]2C=CCN2)O1. The molecule has 0 amide bonds. The van der Waals surface area contributed by atoms with Crippen LogP contribution in [0.4, 0.5) is 0 Å². The molecule has 3 nitrogen and oxygen atoms in total. The van der Waals surface area contributed by atoms with Crippen molar-refractivity contribution < 1.29 is 9.47 Å². The minimum absolute atomic E-state index is 0.179. The first-order valence-corrected chi connectivity index (χ1v) is 4.39. The second kappa shape index (κ2) is 2.83. The lowest BCUT2D eigenvalue weighted by molar-refractivity contribution is -0.139. The summed E-state index contributed by atoms with van der Waals surface area (Å²) in [7, 11) is 0. The van der Waals surface area contributed by atoms with Crippen molar-refractivity contribution in [1.29, 1.82) is 0 Å². The summed E-state index contributed by atoms with van der Waals surface area (Å²) in [6.45, 7) is 5.54. The summed E-state index contributed by atoms with van der Waals surface area (Å²) >= 11 is 0. The number of nitrogens with one attached hydrogen (secondary N) is 1. The molecule has 1 saturated heterocycles. The Morgan fingerprint density at radius 2 is 2.33 bits per heavy atom. The zero-order chi connectivity index (χ0) is 8.60. The number of hydrogen-bond acceptors (Lipinski definition) is 3. The number of hydrogen-bond donors (Lipinski definition) is 1. The van der Waals surface area contributed by atoms with Gasteiger partial charge in [-0.2, -0.15) is 0 Å². The Hall–Kier alpha value is -0.380. The van der Waals surface area contributed by atoms with Gasteiger partial charge in [-0.1, -0.05) is 12.2 Å². The summed E-state index contributed by atoms with van der Waals surface area (Å²) in [5.41, 5.74) is 0. The Bertz CT molecular complexity index is 201. The van der Waals surface area contributed by atoms with Crippen molar-refractivity contribution in [3.63, 3.8) is 0 Å². The summed E-state index contributed by atoms with van der Waals surface area (Å²) in [5, 5.41) is 3.32. The van der Waals surface area contributed by atoms with Gasteiger partial charge in [0, 0.05) is 6.54 Å². The lowest BCUT2D eigenvalue weighted by Gasteiger charge is -2.20. The normalized spacial score (nSPS) is 39.2. The molecule has 0 aromatic rings. The van der Waals surface area contributed by atoms with Crippen molar-refractivity contribution in [3.8, 4) is 0 Å². The van der Waals surface area contributed by atoms with E-state index >= 15 is 0 Å². The van der Waals surface area contributed by atoms with Gasteiger partial charge in [-0.25, -0.2) is 0 Å². The van der Waals surface area contributed by atoms with Crippen LogP contribution in [0.5, 0.6) is 0 Å². The van der Waals surface area contributed by atoms with Gasteiger partial charge < -0.3 is 14.8 Å². The fourth-order valence-electron chi connectivity index (χ4n) is 1.63. The predicted octanol–water partition coefficient (Wildman–Crippen LogP) is 0.666. The average Bonchev–Trinajstić information content (AvgIpc) is 2.55. The van der Waals surface area contributed by atoms with Crippen LogP contribution in [0, 0.1) is 0 Å². The zero-order valence-electron chi connectivity index (χ0n) is 7.54. The van der Waals surface area contributed by atoms with Crippen LogP contribution in [0.1, 0.15) is 13.8 Å². The maximum atomic E-state index is 5.70. The molecule has 0 unspecified atom stereocenters. The molecule has 0 saturated carbocycles. The summed E-state index contributed by atoms with van der Waals surface area (Å²) in [6, 6.07) is 0.340. The van der Waals surface area contributed by atoms with Crippen LogP contribution in [-0.4, -0.2) is 31.1 Å². The van der Waals surface area contributed by atoms with E-state index in [0.717, 1.165) is 6.54 Å². The van der Waals surface area contributed by atoms with Gasteiger partial charge in [0.05, 0.1) is 12.6 Å². The molecule has 12 heavy (non-hydrogen) atoms. The van der Waals surface area contributed by atoms with Gasteiger partial charge in [-0.3, -0.25) is 0 Å². The summed E-state index contributed by atoms with van der Waals surface area (Å²) in [5.74, 6) is -0.400. The predicted molar refractivity (Wildman–Crippen MR) is 45.8 cm³/mol. The quantitative estimate of drug-likeness (QED) is 0.585. The first-order valence-electron chi connectivity index (χ1n) is 4.39. The molecule has 0 bridgehead atoms. The van der Waals surface area contributed by atoms with Crippen LogP contribution in [-0.2, 0) is 9.47 Å². The molecule has 1 N–H and O–H groups in total. The van der Waals surface area contributed by atoms with Crippen molar-refractivity contribution in [2.24, 2.45) is 0 Å². The highest BCUT2D eigenvalue weighted by Gasteiger charge is 2.36. The summed E-state index contributed by atoms with van der Waals surface area (Å²) < 4.78 is 11.2. The van der Waals surface area contributed by atoms with E-state index in [0.29, 0.717) is 12.6 Å². The Balaban J connectivity index is 1.95. The van der Waals surface area contributed by atoms with E-state index in [4.69, 9.17) is 9.47 Å². The summed E-state index contributed by atoms with van der Waals surface area (Å²) in [4.78, 5) is 0. The van der Waals surface area contributed by atoms with Crippen LogP contribution in [0.2, 0.25) is 0 Å². The maximum Gasteiger partial charge on any atom is 0.163 e. The lowest BCUT2D eigenvalue weighted by Crippen LogP contribution is -2.37. The third-order valence-electron chi connectivity index (χ3n) is 2.25. The first-order chi connectivity index (χ1) is 5.67. The summed E-state index contributed by atoms with van der Waals surface area (Å²) in [6.07, 6.45) is 4.45. The van der Waals surface area contributed by atoms with Gasteiger partial charge >= 0.3 is 0 Å². The second-order valence-electron chi connectivity index (χ2n) is 3.73. The van der Waals surface area contributed by atoms with E-state index in [1.54, 1.807) is 0 Å². The second-order valence-corrected chi connectivity index (χ2v) is 3.73. The highest BCUT2D eigenvalue weighted by molar-refractivity contribution is 5.06. The van der Waals surface area contributed by atoms with Crippen molar-refractivity contribution in [3.05, 3.63) is 12.2 Å². The topological polar surface area (TPSA) is 30.5 Å². The minimum Gasteiger partial charge on any atom is -0.348 e. The maximum absolute atomic E-state index is 5.70. The minimum atomic E-state index is -0.400. The van der Waals surface area contributed by atoms with Gasteiger partial charge in [0.1, 0.15) is 6.10 Å². The molecule has 0 radical (unpaired) electrons. The van der Waals surface area contributed by atoms with E-state index in [-0.39, 0.29) is 6.10 Å². The largest absolute Gasteiger partial charge is 0.348 e. The molecule has 2 aliphatic heterocycles. The first kappa shape index (κ1) is 8.23. The molecule has 0 aliphatic carbocycles. The van der Waals surface area contributed by atoms with Crippen molar-refractivity contribution in [1.82, 2.24) is 5.32 Å². The van der Waals surface area contributed by atoms with Gasteiger partial charge in [0.25, 0.3) is 0 Å². The lowest BCUT2D eigenvalue weighted by atomic mass is 10.2. The van der Waals surface area contributed by atoms with Gasteiger partial charge in [-0.15, -0.1) is 0 Å². The van der Waals surface area contributed by atoms with Crippen LogP contribution >= 0.6 is 0 Å². The Morgan fingerprint density at radius 3 is 2.83 bits per heavy atom. The van der Waals surface area contributed by atoms with Crippen LogP contribution in [0.3, 0.4) is 0 Å². The van der Waals surface area contributed by atoms with Crippen LogP contribution in [0.15, 0.2) is 12.2 Å². The molecule has 2 rings (SSSR count). The van der Waals surface area contributed by atoms with Crippen molar-refractivity contribution in [2.75, 3.05) is 13.2 Å². The Kier molecular flexibility index (Phi) is 1.94. The molecule has 1 fully saturated rings. The number of rotatable bonds is 1. The van der Waals surface area contributed by atoms with E-state index in [9.17, 15) is 0 Å². The molecule has 2 atom stereocenters.